The van der Waals surface area contributed by atoms with Crippen molar-refractivity contribution in [3.8, 4) is 0 Å². The van der Waals surface area contributed by atoms with Crippen LogP contribution in [-0.4, -0.2) is 45.6 Å². The predicted molar refractivity (Wildman–Crippen MR) is 64.6 cm³/mol. The third-order valence-electron chi connectivity index (χ3n) is 2.42. The predicted octanol–water partition coefficient (Wildman–Crippen LogP) is 2.19. The first kappa shape index (κ1) is 13.3. The van der Waals surface area contributed by atoms with Gasteiger partial charge in [0.1, 0.15) is 0 Å². The van der Waals surface area contributed by atoms with Crippen molar-refractivity contribution in [2.75, 3.05) is 0 Å². The normalized spacial score (nSPS) is 10.0. The molecule has 2 rings (SSSR count). The monoisotopic (exact) mass is 226 g/mol. The maximum absolute atomic E-state index is 10.4. The number of carboxylic acids is 1. The summed E-state index contributed by atoms with van der Waals surface area (Å²) in [7, 11) is 0. The van der Waals surface area contributed by atoms with Crippen molar-refractivity contribution < 1.29 is 9.90 Å². The summed E-state index contributed by atoms with van der Waals surface area (Å²) in [5.41, 5.74) is 2.22. The van der Waals surface area contributed by atoms with Gasteiger partial charge in [-0.2, -0.15) is 0 Å². The summed E-state index contributed by atoms with van der Waals surface area (Å²) in [6.45, 7) is 0. The van der Waals surface area contributed by atoms with E-state index in [4.69, 9.17) is 5.11 Å². The zero-order valence-electron chi connectivity index (χ0n) is 9.36. The molecular formula is C12H13NNaO2. The Bertz CT molecular complexity index is 446. The van der Waals surface area contributed by atoms with Crippen molar-refractivity contribution in [2.24, 2.45) is 0 Å². The number of H-pyrrole nitrogens is 1. The maximum Gasteiger partial charge on any atom is 0.303 e. The van der Waals surface area contributed by atoms with Crippen molar-refractivity contribution in [1.82, 2.24) is 4.98 Å². The fraction of sp³-hybridized carbons (Fsp3) is 0.250. The molecule has 0 amide bonds. The Morgan fingerprint density at radius 2 is 2.06 bits per heavy atom. The molecule has 3 nitrogen and oxygen atoms in total. The van der Waals surface area contributed by atoms with E-state index >= 15 is 0 Å². The minimum Gasteiger partial charge on any atom is -0.481 e. The summed E-state index contributed by atoms with van der Waals surface area (Å²) in [5, 5.41) is 9.70. The number of hydrogen-bond acceptors (Lipinski definition) is 1. The number of aryl methyl sites for hydroxylation is 1. The fourth-order valence-corrected chi connectivity index (χ4v) is 1.70. The van der Waals surface area contributed by atoms with Crippen LogP contribution in [0.15, 0.2) is 30.3 Å². The standard InChI is InChI=1S/C12H13NO2.Na/c14-12(15)7-3-5-10-8-9-4-1-2-6-11(9)13-10;/h1-2,4,6,8,13H,3,5,7H2,(H,14,15);. The summed E-state index contributed by atoms with van der Waals surface area (Å²) in [6.07, 6.45) is 1.71. The smallest absolute Gasteiger partial charge is 0.303 e. The molecule has 0 fully saturated rings. The van der Waals surface area contributed by atoms with Crippen LogP contribution in [0.3, 0.4) is 0 Å². The van der Waals surface area contributed by atoms with Gasteiger partial charge in [-0.1, -0.05) is 18.2 Å². The molecule has 0 spiro atoms. The van der Waals surface area contributed by atoms with Gasteiger partial charge in [-0.05, 0) is 30.4 Å². The van der Waals surface area contributed by atoms with Gasteiger partial charge >= 0.3 is 5.97 Å². The van der Waals surface area contributed by atoms with E-state index in [-0.39, 0.29) is 36.0 Å². The molecule has 1 radical (unpaired) electrons. The van der Waals surface area contributed by atoms with Crippen LogP contribution in [0.2, 0.25) is 0 Å². The van der Waals surface area contributed by atoms with Gasteiger partial charge in [-0.25, -0.2) is 0 Å². The topological polar surface area (TPSA) is 53.1 Å². The van der Waals surface area contributed by atoms with Crippen LogP contribution < -0.4 is 0 Å². The van der Waals surface area contributed by atoms with Crippen LogP contribution >= 0.6 is 0 Å². The maximum atomic E-state index is 10.4. The van der Waals surface area contributed by atoms with E-state index in [1.807, 2.05) is 24.3 Å². The molecule has 0 saturated heterocycles. The average Bonchev–Trinajstić information content (AvgIpc) is 2.59. The molecule has 2 N–H and O–H groups in total. The quantitative estimate of drug-likeness (QED) is 0.785. The molecule has 0 saturated carbocycles. The van der Waals surface area contributed by atoms with Crippen LogP contribution in [0.25, 0.3) is 10.9 Å². The Morgan fingerprint density at radius 3 is 2.75 bits per heavy atom. The number of rotatable bonds is 4. The molecular weight excluding hydrogens is 213 g/mol. The van der Waals surface area contributed by atoms with Crippen LogP contribution in [0.4, 0.5) is 0 Å². The first-order valence-electron chi connectivity index (χ1n) is 5.04. The second kappa shape index (κ2) is 6.09. The molecule has 2 aromatic rings. The Hall–Kier alpha value is -0.770. The van der Waals surface area contributed by atoms with Gasteiger partial charge in [-0.15, -0.1) is 0 Å². The van der Waals surface area contributed by atoms with Crippen molar-refractivity contribution in [2.45, 2.75) is 19.3 Å². The van der Waals surface area contributed by atoms with Gasteiger partial charge in [0.05, 0.1) is 0 Å². The van der Waals surface area contributed by atoms with Gasteiger partial charge in [0.2, 0.25) is 0 Å². The molecule has 0 aliphatic heterocycles. The molecule has 16 heavy (non-hydrogen) atoms. The summed E-state index contributed by atoms with van der Waals surface area (Å²) in [4.78, 5) is 13.6. The number of fused-ring (bicyclic) bond motifs is 1. The van der Waals surface area contributed by atoms with E-state index < -0.39 is 5.97 Å². The summed E-state index contributed by atoms with van der Waals surface area (Å²) in [6, 6.07) is 10.1. The Labute approximate surface area is 116 Å². The largest absolute Gasteiger partial charge is 0.481 e. The number of aromatic amines is 1. The van der Waals surface area contributed by atoms with Gasteiger partial charge in [0, 0.05) is 47.2 Å². The molecule has 79 valence electrons. The van der Waals surface area contributed by atoms with Gasteiger partial charge < -0.3 is 10.1 Å². The van der Waals surface area contributed by atoms with E-state index in [0.29, 0.717) is 6.42 Å². The zero-order chi connectivity index (χ0) is 10.7. The minimum absolute atomic E-state index is 0. The third-order valence-corrected chi connectivity index (χ3v) is 2.42. The summed E-state index contributed by atoms with van der Waals surface area (Å²) < 4.78 is 0. The van der Waals surface area contributed by atoms with Crippen molar-refractivity contribution in [1.29, 1.82) is 0 Å². The molecule has 0 aliphatic rings. The summed E-state index contributed by atoms with van der Waals surface area (Å²) >= 11 is 0. The van der Waals surface area contributed by atoms with Crippen LogP contribution in [0.1, 0.15) is 18.5 Å². The zero-order valence-corrected chi connectivity index (χ0v) is 11.4. The summed E-state index contributed by atoms with van der Waals surface area (Å²) in [5.74, 6) is -0.730. The second-order valence-electron chi connectivity index (χ2n) is 3.63. The second-order valence-corrected chi connectivity index (χ2v) is 3.63. The molecule has 1 aromatic carbocycles. The van der Waals surface area contributed by atoms with E-state index in [1.54, 1.807) is 0 Å². The van der Waals surface area contributed by atoms with E-state index in [1.165, 1.54) is 5.39 Å². The fourth-order valence-electron chi connectivity index (χ4n) is 1.70. The number of hydrogen-bond donors (Lipinski definition) is 2. The van der Waals surface area contributed by atoms with Crippen molar-refractivity contribution in [3.05, 3.63) is 36.0 Å². The molecule has 1 heterocycles. The molecule has 1 aromatic heterocycles. The number of aliphatic carboxylic acids is 1. The first-order valence-corrected chi connectivity index (χ1v) is 5.04. The van der Waals surface area contributed by atoms with Gasteiger partial charge in [0.15, 0.2) is 0 Å². The number of benzene rings is 1. The number of nitrogens with one attached hydrogen (secondary N) is 1. The van der Waals surface area contributed by atoms with Crippen molar-refractivity contribution in [3.63, 3.8) is 0 Å². The third kappa shape index (κ3) is 3.37. The van der Waals surface area contributed by atoms with E-state index in [9.17, 15) is 4.79 Å². The molecule has 0 aliphatic carbocycles. The molecule has 0 bridgehead atoms. The Kier molecular flexibility index (Phi) is 5.06. The SMILES string of the molecule is O=C(O)CCCc1cc2ccccc2[nH]1.[Na]. The van der Waals surface area contributed by atoms with E-state index in [0.717, 1.165) is 17.6 Å². The van der Waals surface area contributed by atoms with Gasteiger partial charge in [0.25, 0.3) is 0 Å². The van der Waals surface area contributed by atoms with Gasteiger partial charge in [-0.3, -0.25) is 4.79 Å². The van der Waals surface area contributed by atoms with E-state index in [2.05, 4.69) is 11.1 Å². The number of carbonyl (C=O) groups is 1. The number of aromatic nitrogens is 1. The average molecular weight is 226 g/mol. The number of para-hydroxylation sites is 1. The minimum atomic E-state index is -0.730. The van der Waals surface area contributed by atoms with Crippen molar-refractivity contribution >= 4 is 46.4 Å². The molecule has 0 unspecified atom stereocenters. The van der Waals surface area contributed by atoms with Crippen LogP contribution in [0.5, 0.6) is 0 Å². The first-order chi connectivity index (χ1) is 7.25. The molecule has 0 atom stereocenters. The van der Waals surface area contributed by atoms with Crippen LogP contribution in [-0.2, 0) is 11.2 Å². The Balaban J connectivity index is 0.00000128. The Morgan fingerprint density at radius 1 is 1.31 bits per heavy atom. The van der Waals surface area contributed by atoms with Crippen LogP contribution in [0, 0.1) is 0 Å². The molecule has 4 heteroatoms. The number of carboxylic acid groups (broad SMARTS) is 1.